The van der Waals surface area contributed by atoms with E-state index in [1.165, 1.54) is 19.3 Å². The van der Waals surface area contributed by atoms with E-state index in [0.29, 0.717) is 0 Å². The van der Waals surface area contributed by atoms with Gasteiger partial charge in [0.05, 0.1) is 5.60 Å². The molecule has 0 spiro atoms. The third-order valence-electron chi connectivity index (χ3n) is 2.10. The van der Waals surface area contributed by atoms with Gasteiger partial charge < -0.3 is 4.74 Å². The fraction of sp³-hybridized carbons (Fsp3) is 1.00. The first kappa shape index (κ1) is 12.0. The van der Waals surface area contributed by atoms with Gasteiger partial charge in [-0.25, -0.2) is 0 Å². The Balaban J connectivity index is 3.46. The zero-order valence-electron chi connectivity index (χ0n) is 9.31. The molecule has 0 radical (unpaired) electrons. The van der Waals surface area contributed by atoms with Crippen LogP contribution in [0, 0.1) is 5.92 Å². The van der Waals surface area contributed by atoms with E-state index in [4.69, 9.17) is 4.74 Å². The van der Waals surface area contributed by atoms with Gasteiger partial charge in [-0.3, -0.25) is 0 Å². The zero-order chi connectivity index (χ0) is 9.61. The summed E-state index contributed by atoms with van der Waals surface area (Å²) in [6.45, 7) is 11.8. The monoisotopic (exact) mass is 172 g/mol. The van der Waals surface area contributed by atoms with Crippen molar-refractivity contribution in [3.63, 3.8) is 0 Å². The average molecular weight is 172 g/mol. The average Bonchev–Trinajstić information content (AvgIpc) is 1.85. The van der Waals surface area contributed by atoms with Crippen LogP contribution in [0.3, 0.4) is 0 Å². The van der Waals surface area contributed by atoms with Crippen LogP contribution >= 0.6 is 0 Å². The molecule has 0 heterocycles. The summed E-state index contributed by atoms with van der Waals surface area (Å²) in [4.78, 5) is 0. The van der Waals surface area contributed by atoms with Crippen LogP contribution in [-0.4, -0.2) is 12.2 Å². The minimum atomic E-state index is 0.0869. The Bertz CT molecular complexity index is 106. The van der Waals surface area contributed by atoms with Gasteiger partial charge in [-0.1, -0.05) is 26.7 Å². The molecule has 0 unspecified atom stereocenters. The summed E-state index contributed by atoms with van der Waals surface area (Å²) in [6.07, 6.45) is 3.78. The van der Waals surface area contributed by atoms with E-state index in [1.807, 2.05) is 0 Å². The van der Waals surface area contributed by atoms with E-state index in [2.05, 4.69) is 34.6 Å². The zero-order valence-corrected chi connectivity index (χ0v) is 9.31. The minimum Gasteiger partial charge on any atom is -0.376 e. The highest BCUT2D eigenvalue weighted by molar-refractivity contribution is 4.68. The van der Waals surface area contributed by atoms with E-state index in [-0.39, 0.29) is 5.60 Å². The molecule has 0 amide bonds. The van der Waals surface area contributed by atoms with Gasteiger partial charge in [0, 0.05) is 6.61 Å². The summed E-state index contributed by atoms with van der Waals surface area (Å²) in [7, 11) is 0. The van der Waals surface area contributed by atoms with E-state index >= 15 is 0 Å². The molecule has 74 valence electrons. The Kier molecular flexibility index (Phi) is 5.56. The van der Waals surface area contributed by atoms with Gasteiger partial charge in [-0.2, -0.15) is 0 Å². The highest BCUT2D eigenvalue weighted by atomic mass is 16.5. The van der Waals surface area contributed by atoms with Crippen LogP contribution in [0.5, 0.6) is 0 Å². The molecule has 0 aromatic carbocycles. The molecule has 0 atom stereocenters. The van der Waals surface area contributed by atoms with Gasteiger partial charge in [0.25, 0.3) is 0 Å². The molecular formula is C11H24O. The van der Waals surface area contributed by atoms with Gasteiger partial charge in [0.2, 0.25) is 0 Å². The molecule has 1 heteroatoms. The molecule has 0 aromatic rings. The van der Waals surface area contributed by atoms with Crippen molar-refractivity contribution >= 4 is 0 Å². The third kappa shape index (κ3) is 6.66. The Labute approximate surface area is 77.5 Å². The van der Waals surface area contributed by atoms with Crippen LogP contribution in [0.25, 0.3) is 0 Å². The Morgan fingerprint density at radius 1 is 1.25 bits per heavy atom. The standard InChI is InChI=1S/C11H24O/c1-6-12-11(4,5)9-7-8-10(2)3/h10H,6-9H2,1-5H3. The first-order valence-electron chi connectivity index (χ1n) is 5.12. The molecule has 0 saturated heterocycles. The van der Waals surface area contributed by atoms with Crippen molar-refractivity contribution in [2.45, 2.75) is 59.5 Å². The largest absolute Gasteiger partial charge is 0.376 e. The Morgan fingerprint density at radius 3 is 2.25 bits per heavy atom. The summed E-state index contributed by atoms with van der Waals surface area (Å²) in [5, 5.41) is 0. The summed E-state index contributed by atoms with van der Waals surface area (Å²) in [5.74, 6) is 0.822. The van der Waals surface area contributed by atoms with Crippen LogP contribution in [-0.2, 0) is 4.74 Å². The SMILES string of the molecule is CCOC(C)(C)CCCC(C)C. The number of hydrogen-bond donors (Lipinski definition) is 0. The summed E-state index contributed by atoms with van der Waals surface area (Å²) in [5.41, 5.74) is 0.0869. The van der Waals surface area contributed by atoms with Crippen LogP contribution in [0.1, 0.15) is 53.9 Å². The molecule has 0 saturated carbocycles. The maximum absolute atomic E-state index is 5.61. The predicted octanol–water partition coefficient (Wildman–Crippen LogP) is 3.63. The molecule has 0 aliphatic rings. The van der Waals surface area contributed by atoms with Crippen molar-refractivity contribution in [3.8, 4) is 0 Å². The molecule has 0 aliphatic carbocycles. The molecule has 0 rings (SSSR count). The summed E-state index contributed by atoms with van der Waals surface area (Å²) >= 11 is 0. The van der Waals surface area contributed by atoms with Gasteiger partial charge >= 0.3 is 0 Å². The van der Waals surface area contributed by atoms with E-state index in [0.717, 1.165) is 12.5 Å². The quantitative estimate of drug-likeness (QED) is 0.594. The predicted molar refractivity (Wildman–Crippen MR) is 54.4 cm³/mol. The molecular weight excluding hydrogens is 148 g/mol. The molecule has 0 aromatic heterocycles. The maximum Gasteiger partial charge on any atom is 0.0626 e. The lowest BCUT2D eigenvalue weighted by molar-refractivity contribution is -0.0181. The highest BCUT2D eigenvalue weighted by Gasteiger charge is 2.16. The number of hydrogen-bond acceptors (Lipinski definition) is 1. The molecule has 0 fully saturated rings. The van der Waals surface area contributed by atoms with Crippen molar-refractivity contribution in [2.75, 3.05) is 6.61 Å². The first-order valence-corrected chi connectivity index (χ1v) is 5.12. The molecule has 0 bridgehead atoms. The van der Waals surface area contributed by atoms with Crippen LogP contribution in [0.4, 0.5) is 0 Å². The lowest BCUT2D eigenvalue weighted by Crippen LogP contribution is -2.24. The van der Waals surface area contributed by atoms with E-state index < -0.39 is 0 Å². The molecule has 0 N–H and O–H groups in total. The van der Waals surface area contributed by atoms with Crippen molar-refractivity contribution in [1.29, 1.82) is 0 Å². The fourth-order valence-electron chi connectivity index (χ4n) is 1.40. The molecule has 12 heavy (non-hydrogen) atoms. The maximum atomic E-state index is 5.61. The van der Waals surface area contributed by atoms with Crippen molar-refractivity contribution < 1.29 is 4.74 Å². The topological polar surface area (TPSA) is 9.23 Å². The first-order chi connectivity index (χ1) is 5.48. The summed E-state index contributed by atoms with van der Waals surface area (Å²) in [6, 6.07) is 0. The smallest absolute Gasteiger partial charge is 0.0626 e. The van der Waals surface area contributed by atoms with Crippen LogP contribution < -0.4 is 0 Å². The number of ether oxygens (including phenoxy) is 1. The Hall–Kier alpha value is -0.0400. The van der Waals surface area contributed by atoms with Crippen molar-refractivity contribution in [3.05, 3.63) is 0 Å². The van der Waals surface area contributed by atoms with Gasteiger partial charge in [0.15, 0.2) is 0 Å². The second-order valence-corrected chi connectivity index (χ2v) is 4.48. The van der Waals surface area contributed by atoms with Gasteiger partial charge in [0.1, 0.15) is 0 Å². The van der Waals surface area contributed by atoms with Crippen LogP contribution in [0.15, 0.2) is 0 Å². The highest BCUT2D eigenvalue weighted by Crippen LogP contribution is 2.19. The second kappa shape index (κ2) is 5.58. The molecule has 0 aliphatic heterocycles. The van der Waals surface area contributed by atoms with Crippen molar-refractivity contribution in [1.82, 2.24) is 0 Å². The lowest BCUT2D eigenvalue weighted by Gasteiger charge is -2.24. The molecule has 1 nitrogen and oxygen atoms in total. The second-order valence-electron chi connectivity index (χ2n) is 4.48. The Morgan fingerprint density at radius 2 is 1.83 bits per heavy atom. The normalized spacial score (nSPS) is 12.5. The van der Waals surface area contributed by atoms with E-state index in [1.54, 1.807) is 0 Å². The van der Waals surface area contributed by atoms with E-state index in [9.17, 15) is 0 Å². The minimum absolute atomic E-state index is 0.0869. The van der Waals surface area contributed by atoms with Crippen molar-refractivity contribution in [2.24, 2.45) is 5.92 Å². The third-order valence-corrected chi connectivity index (χ3v) is 2.10. The van der Waals surface area contributed by atoms with Gasteiger partial charge in [-0.15, -0.1) is 0 Å². The van der Waals surface area contributed by atoms with Gasteiger partial charge in [-0.05, 0) is 33.1 Å². The summed E-state index contributed by atoms with van der Waals surface area (Å²) < 4.78 is 5.61. The fourth-order valence-corrected chi connectivity index (χ4v) is 1.40. The lowest BCUT2D eigenvalue weighted by atomic mass is 9.97. The van der Waals surface area contributed by atoms with Crippen LogP contribution in [0.2, 0.25) is 0 Å². The number of rotatable bonds is 6.